The predicted octanol–water partition coefficient (Wildman–Crippen LogP) is 4.33. The third kappa shape index (κ3) is 3.51. The van der Waals surface area contributed by atoms with E-state index in [4.69, 9.17) is 9.47 Å². The van der Waals surface area contributed by atoms with Gasteiger partial charge in [-0.05, 0) is 48.4 Å². The number of rotatable bonds is 5. The Bertz CT molecular complexity index is 760. The molecule has 0 atom stereocenters. The van der Waals surface area contributed by atoms with Crippen LogP contribution in [0.15, 0.2) is 48.5 Å². The van der Waals surface area contributed by atoms with E-state index >= 15 is 0 Å². The van der Waals surface area contributed by atoms with E-state index in [2.05, 4.69) is 24.3 Å². The lowest BCUT2D eigenvalue weighted by atomic mass is 9.99. The van der Waals surface area contributed by atoms with Crippen LogP contribution in [0.2, 0.25) is 0 Å². The summed E-state index contributed by atoms with van der Waals surface area (Å²) in [5.74, 6) is 0.563. The fraction of sp³-hybridized carbons (Fsp3) is 0.286. The summed E-state index contributed by atoms with van der Waals surface area (Å²) >= 11 is 0. The van der Waals surface area contributed by atoms with Crippen molar-refractivity contribution < 1.29 is 14.3 Å². The maximum absolute atomic E-state index is 11.6. The molecule has 0 bridgehead atoms. The first kappa shape index (κ1) is 16.3. The highest BCUT2D eigenvalue weighted by molar-refractivity contribution is 5.92. The van der Waals surface area contributed by atoms with Crippen LogP contribution in [0.4, 0.5) is 0 Å². The number of hydrogen-bond acceptors (Lipinski definition) is 3. The van der Waals surface area contributed by atoms with Crippen LogP contribution >= 0.6 is 0 Å². The SMILES string of the molecule is COC(=O)C=C(C)c1ccc2c(c1OCc1ccccc1)CCC2. The quantitative estimate of drug-likeness (QED) is 0.607. The van der Waals surface area contributed by atoms with Gasteiger partial charge in [0.1, 0.15) is 12.4 Å². The molecule has 0 spiro atoms. The summed E-state index contributed by atoms with van der Waals surface area (Å²) in [4.78, 5) is 11.6. The summed E-state index contributed by atoms with van der Waals surface area (Å²) in [6, 6.07) is 14.3. The number of esters is 1. The zero-order valence-electron chi connectivity index (χ0n) is 14.2. The Kier molecular flexibility index (Phi) is 4.99. The molecule has 0 fully saturated rings. The zero-order chi connectivity index (χ0) is 16.9. The molecule has 0 aliphatic heterocycles. The minimum atomic E-state index is -0.345. The summed E-state index contributed by atoms with van der Waals surface area (Å²) in [6.45, 7) is 2.44. The smallest absolute Gasteiger partial charge is 0.330 e. The van der Waals surface area contributed by atoms with E-state index < -0.39 is 0 Å². The van der Waals surface area contributed by atoms with Crippen molar-refractivity contribution in [3.63, 3.8) is 0 Å². The molecule has 0 unspecified atom stereocenters. The van der Waals surface area contributed by atoms with Gasteiger partial charge in [0, 0.05) is 11.6 Å². The van der Waals surface area contributed by atoms with Gasteiger partial charge in [-0.15, -0.1) is 0 Å². The Morgan fingerprint density at radius 1 is 1.12 bits per heavy atom. The minimum Gasteiger partial charge on any atom is -0.488 e. The van der Waals surface area contributed by atoms with Crippen molar-refractivity contribution in [1.82, 2.24) is 0 Å². The normalized spacial score (nSPS) is 13.5. The van der Waals surface area contributed by atoms with Gasteiger partial charge >= 0.3 is 5.97 Å². The molecule has 2 aromatic carbocycles. The molecule has 0 N–H and O–H groups in total. The average Bonchev–Trinajstić information content (AvgIpc) is 3.09. The van der Waals surface area contributed by atoms with Crippen molar-refractivity contribution in [2.75, 3.05) is 7.11 Å². The van der Waals surface area contributed by atoms with Gasteiger partial charge in [-0.2, -0.15) is 0 Å². The molecule has 0 saturated carbocycles. The minimum absolute atomic E-state index is 0.345. The second kappa shape index (κ2) is 7.35. The van der Waals surface area contributed by atoms with Crippen LogP contribution in [0.1, 0.15) is 35.6 Å². The van der Waals surface area contributed by atoms with E-state index in [1.54, 1.807) is 0 Å². The first-order valence-corrected chi connectivity index (χ1v) is 8.27. The third-order valence-corrected chi connectivity index (χ3v) is 4.42. The Balaban J connectivity index is 1.94. The molecule has 0 amide bonds. The van der Waals surface area contributed by atoms with Crippen LogP contribution in [-0.2, 0) is 29.0 Å². The number of carbonyl (C=O) groups excluding carboxylic acids is 1. The van der Waals surface area contributed by atoms with Gasteiger partial charge in [-0.25, -0.2) is 4.79 Å². The van der Waals surface area contributed by atoms with Gasteiger partial charge < -0.3 is 9.47 Å². The summed E-state index contributed by atoms with van der Waals surface area (Å²) < 4.78 is 11.0. The highest BCUT2D eigenvalue weighted by atomic mass is 16.5. The number of methoxy groups -OCH3 is 1. The fourth-order valence-corrected chi connectivity index (χ4v) is 3.15. The van der Waals surface area contributed by atoms with Gasteiger partial charge in [-0.1, -0.05) is 42.5 Å². The van der Waals surface area contributed by atoms with E-state index in [0.29, 0.717) is 6.61 Å². The van der Waals surface area contributed by atoms with Gasteiger partial charge in [-0.3, -0.25) is 0 Å². The van der Waals surface area contributed by atoms with Crippen molar-refractivity contribution >= 4 is 11.5 Å². The zero-order valence-corrected chi connectivity index (χ0v) is 14.2. The molecule has 0 heterocycles. The van der Waals surface area contributed by atoms with Gasteiger partial charge in [0.15, 0.2) is 0 Å². The number of fused-ring (bicyclic) bond motifs is 1. The van der Waals surface area contributed by atoms with Crippen molar-refractivity contribution in [3.8, 4) is 5.75 Å². The van der Waals surface area contributed by atoms with E-state index in [1.807, 2.05) is 25.1 Å². The van der Waals surface area contributed by atoms with Crippen LogP contribution in [0, 0.1) is 0 Å². The number of carbonyl (C=O) groups is 1. The topological polar surface area (TPSA) is 35.5 Å². The largest absolute Gasteiger partial charge is 0.488 e. The van der Waals surface area contributed by atoms with Gasteiger partial charge in [0.05, 0.1) is 7.11 Å². The lowest BCUT2D eigenvalue weighted by Gasteiger charge is -2.16. The number of ether oxygens (including phenoxy) is 2. The highest BCUT2D eigenvalue weighted by Crippen LogP contribution is 2.37. The Hall–Kier alpha value is -2.55. The molecular formula is C21H22O3. The Labute approximate surface area is 142 Å². The summed E-state index contributed by atoms with van der Waals surface area (Å²) in [5.41, 5.74) is 5.60. The lowest BCUT2D eigenvalue weighted by Crippen LogP contribution is -2.03. The third-order valence-electron chi connectivity index (χ3n) is 4.42. The Morgan fingerprint density at radius 2 is 1.92 bits per heavy atom. The van der Waals surface area contributed by atoms with E-state index in [1.165, 1.54) is 24.3 Å². The van der Waals surface area contributed by atoms with Gasteiger partial charge in [0.2, 0.25) is 0 Å². The van der Waals surface area contributed by atoms with Crippen molar-refractivity contribution in [3.05, 3.63) is 70.8 Å². The first-order valence-electron chi connectivity index (χ1n) is 8.27. The average molecular weight is 322 g/mol. The molecule has 2 aromatic rings. The molecule has 0 aromatic heterocycles. The van der Waals surface area contributed by atoms with E-state index in [-0.39, 0.29) is 5.97 Å². The maximum Gasteiger partial charge on any atom is 0.330 e. The molecule has 0 radical (unpaired) electrons. The van der Waals surface area contributed by atoms with E-state index in [0.717, 1.165) is 41.7 Å². The van der Waals surface area contributed by atoms with Crippen LogP contribution in [-0.4, -0.2) is 13.1 Å². The molecule has 3 rings (SSSR count). The van der Waals surface area contributed by atoms with Crippen LogP contribution in [0.3, 0.4) is 0 Å². The lowest BCUT2D eigenvalue weighted by molar-refractivity contribution is -0.134. The predicted molar refractivity (Wildman–Crippen MR) is 94.9 cm³/mol. The number of allylic oxidation sites excluding steroid dienone is 1. The molecule has 3 nitrogen and oxygen atoms in total. The summed E-state index contributed by atoms with van der Waals surface area (Å²) in [7, 11) is 1.39. The van der Waals surface area contributed by atoms with Crippen molar-refractivity contribution in [2.45, 2.75) is 32.8 Å². The standard InChI is InChI=1S/C21H22O3/c1-15(13-20(22)23-2)18-12-11-17-9-6-10-19(17)21(18)24-14-16-7-4-3-5-8-16/h3-5,7-8,11-13H,6,9-10,14H2,1-2H3. The van der Waals surface area contributed by atoms with E-state index in [9.17, 15) is 4.79 Å². The highest BCUT2D eigenvalue weighted by Gasteiger charge is 2.20. The first-order chi connectivity index (χ1) is 11.7. The van der Waals surface area contributed by atoms with Crippen LogP contribution < -0.4 is 4.74 Å². The number of hydrogen-bond donors (Lipinski definition) is 0. The maximum atomic E-state index is 11.6. The number of benzene rings is 2. The van der Waals surface area contributed by atoms with Crippen molar-refractivity contribution in [1.29, 1.82) is 0 Å². The molecule has 24 heavy (non-hydrogen) atoms. The van der Waals surface area contributed by atoms with Crippen LogP contribution in [0.25, 0.3) is 5.57 Å². The fourth-order valence-electron chi connectivity index (χ4n) is 3.15. The molecule has 1 aliphatic rings. The second-order valence-electron chi connectivity index (χ2n) is 6.06. The van der Waals surface area contributed by atoms with Crippen LogP contribution in [0.5, 0.6) is 5.75 Å². The summed E-state index contributed by atoms with van der Waals surface area (Å²) in [5, 5.41) is 0. The monoisotopic (exact) mass is 322 g/mol. The Morgan fingerprint density at radius 3 is 2.67 bits per heavy atom. The molecular weight excluding hydrogens is 300 g/mol. The molecule has 124 valence electrons. The molecule has 1 aliphatic carbocycles. The second-order valence-corrected chi connectivity index (χ2v) is 6.06. The van der Waals surface area contributed by atoms with Crippen molar-refractivity contribution in [2.24, 2.45) is 0 Å². The number of aryl methyl sites for hydroxylation is 1. The molecule has 3 heteroatoms. The van der Waals surface area contributed by atoms with Gasteiger partial charge in [0.25, 0.3) is 0 Å². The summed E-state index contributed by atoms with van der Waals surface area (Å²) in [6.07, 6.45) is 4.79. The molecule has 0 saturated heterocycles.